The van der Waals surface area contributed by atoms with Crippen LogP contribution in [0, 0.1) is 5.92 Å². The van der Waals surface area contributed by atoms with Crippen molar-refractivity contribution in [3.63, 3.8) is 0 Å². The van der Waals surface area contributed by atoms with Crippen LogP contribution in [-0.4, -0.2) is 69.8 Å². The van der Waals surface area contributed by atoms with E-state index in [0.717, 1.165) is 0 Å². The normalized spacial score (nSPS) is 26.8. The standard InChI is InChI=1S/C14H24N4O6.2ClH/c1-7(2)12(16)13(21)24-18-10(15)3-4-17(14(18)22)11-5-8(20)9(6-19)23-11;;/h3,7-9,11-12,19-20H,4-6,15-16H2,1-2H3;2*1H/t8?,9-,11+,12-;;/m0../s1. The molecule has 152 valence electrons. The third kappa shape index (κ3) is 5.12. The Bertz CT molecular complexity index is 536. The molecular formula is C14H26Cl2N4O6. The molecule has 0 saturated carbocycles. The first-order valence-corrected chi connectivity index (χ1v) is 7.74. The molecule has 0 spiro atoms. The lowest BCUT2D eigenvalue weighted by molar-refractivity contribution is -0.178. The van der Waals surface area contributed by atoms with Crippen molar-refractivity contribution in [2.75, 3.05) is 13.2 Å². The number of halogens is 2. The van der Waals surface area contributed by atoms with Crippen LogP contribution in [0.2, 0.25) is 0 Å². The van der Waals surface area contributed by atoms with Gasteiger partial charge in [0.1, 0.15) is 24.2 Å². The zero-order chi connectivity index (χ0) is 18.0. The van der Waals surface area contributed by atoms with Crippen LogP contribution in [-0.2, 0) is 14.4 Å². The molecule has 6 N–H and O–H groups in total. The minimum atomic E-state index is -0.899. The number of hydroxylamine groups is 2. The van der Waals surface area contributed by atoms with Crippen LogP contribution in [0.3, 0.4) is 0 Å². The van der Waals surface area contributed by atoms with E-state index in [4.69, 9.17) is 26.1 Å². The second-order valence-electron chi connectivity index (χ2n) is 6.15. The Morgan fingerprint density at radius 2 is 2.08 bits per heavy atom. The number of aliphatic hydroxyl groups is 2. The summed E-state index contributed by atoms with van der Waals surface area (Å²) < 4.78 is 5.45. The van der Waals surface area contributed by atoms with Crippen LogP contribution in [0.4, 0.5) is 4.79 Å². The molecule has 1 saturated heterocycles. The first-order chi connectivity index (χ1) is 11.3. The van der Waals surface area contributed by atoms with Gasteiger partial charge in [0.05, 0.1) is 12.7 Å². The van der Waals surface area contributed by atoms with Gasteiger partial charge in [-0.1, -0.05) is 13.8 Å². The molecule has 2 amide bonds. The fraction of sp³-hybridized carbons (Fsp3) is 0.714. The first kappa shape index (κ1) is 24.7. The number of hydrogen-bond acceptors (Lipinski definition) is 8. The van der Waals surface area contributed by atoms with E-state index in [1.807, 2.05) is 0 Å². The summed E-state index contributed by atoms with van der Waals surface area (Å²) in [5.74, 6) is -0.979. The molecular weight excluding hydrogens is 391 g/mol. The van der Waals surface area contributed by atoms with E-state index in [-0.39, 0.29) is 56.1 Å². The first-order valence-electron chi connectivity index (χ1n) is 7.74. The third-order valence-corrected chi connectivity index (χ3v) is 4.05. The number of rotatable bonds is 5. The number of hydrogen-bond donors (Lipinski definition) is 4. The predicted octanol–water partition coefficient (Wildman–Crippen LogP) is -0.723. The fourth-order valence-corrected chi connectivity index (χ4v) is 2.41. The number of urea groups is 1. The fourth-order valence-electron chi connectivity index (χ4n) is 2.41. The van der Waals surface area contributed by atoms with E-state index in [1.54, 1.807) is 13.8 Å². The maximum Gasteiger partial charge on any atom is 0.361 e. The summed E-state index contributed by atoms with van der Waals surface area (Å²) in [7, 11) is 0. The van der Waals surface area contributed by atoms with Crippen LogP contribution in [0.25, 0.3) is 0 Å². The second-order valence-corrected chi connectivity index (χ2v) is 6.15. The molecule has 2 heterocycles. The number of carbonyl (C=O) groups excluding carboxylic acids is 2. The highest BCUT2D eigenvalue weighted by atomic mass is 35.5. The molecule has 1 fully saturated rings. The van der Waals surface area contributed by atoms with Gasteiger partial charge in [-0.05, 0) is 12.0 Å². The number of carbonyl (C=O) groups is 2. The smallest absolute Gasteiger partial charge is 0.361 e. The van der Waals surface area contributed by atoms with Gasteiger partial charge in [0.2, 0.25) is 0 Å². The molecule has 12 heteroatoms. The van der Waals surface area contributed by atoms with E-state index < -0.39 is 36.5 Å². The van der Waals surface area contributed by atoms with Crippen molar-refractivity contribution in [1.29, 1.82) is 0 Å². The molecule has 0 bridgehead atoms. The van der Waals surface area contributed by atoms with Gasteiger partial charge in [0.25, 0.3) is 0 Å². The maximum absolute atomic E-state index is 12.5. The summed E-state index contributed by atoms with van der Waals surface area (Å²) in [5.41, 5.74) is 11.4. The molecule has 2 aliphatic heterocycles. The lowest BCUT2D eigenvalue weighted by Gasteiger charge is -2.35. The summed E-state index contributed by atoms with van der Waals surface area (Å²) in [4.78, 5) is 30.8. The van der Waals surface area contributed by atoms with Gasteiger partial charge in [-0.15, -0.1) is 29.9 Å². The zero-order valence-corrected chi connectivity index (χ0v) is 16.1. The molecule has 0 aromatic heterocycles. The van der Waals surface area contributed by atoms with Crippen molar-refractivity contribution >= 4 is 36.8 Å². The van der Waals surface area contributed by atoms with Crippen molar-refractivity contribution in [3.05, 3.63) is 11.9 Å². The minimum Gasteiger partial charge on any atom is -0.394 e. The van der Waals surface area contributed by atoms with Gasteiger partial charge < -0.3 is 31.3 Å². The summed E-state index contributed by atoms with van der Waals surface area (Å²) in [6.45, 7) is 3.26. The highest BCUT2D eigenvalue weighted by Gasteiger charge is 2.42. The Morgan fingerprint density at radius 1 is 1.46 bits per heavy atom. The summed E-state index contributed by atoms with van der Waals surface area (Å²) in [6.07, 6.45) is -0.790. The van der Waals surface area contributed by atoms with E-state index in [2.05, 4.69) is 0 Å². The molecule has 4 atom stereocenters. The Labute approximate surface area is 163 Å². The molecule has 2 rings (SSSR count). The van der Waals surface area contributed by atoms with Crippen molar-refractivity contribution in [3.8, 4) is 0 Å². The molecule has 0 aliphatic carbocycles. The number of nitrogens with two attached hydrogens (primary N) is 2. The van der Waals surface area contributed by atoms with Gasteiger partial charge in [-0.25, -0.2) is 9.59 Å². The van der Waals surface area contributed by atoms with E-state index in [0.29, 0.717) is 5.06 Å². The SMILES string of the molecule is CC(C)[C@H](N)C(=O)ON1C(=O)N([C@H]2CC(O)[C@H](CO)O2)CC=C1N.Cl.Cl. The lowest BCUT2D eigenvalue weighted by Crippen LogP contribution is -2.54. The summed E-state index contributed by atoms with van der Waals surface area (Å²) in [5, 5.41) is 19.6. The second kappa shape index (κ2) is 10.1. The van der Waals surface area contributed by atoms with Crippen LogP contribution in [0.5, 0.6) is 0 Å². The van der Waals surface area contributed by atoms with Crippen molar-refractivity contribution in [2.24, 2.45) is 17.4 Å². The van der Waals surface area contributed by atoms with Crippen LogP contribution < -0.4 is 11.5 Å². The van der Waals surface area contributed by atoms with Crippen LogP contribution in [0.15, 0.2) is 11.9 Å². The molecule has 26 heavy (non-hydrogen) atoms. The number of nitrogens with zero attached hydrogens (tertiary/aromatic N) is 2. The molecule has 1 unspecified atom stereocenters. The minimum absolute atomic E-state index is 0. The van der Waals surface area contributed by atoms with E-state index >= 15 is 0 Å². The Kier molecular flexibility index (Phi) is 9.64. The van der Waals surface area contributed by atoms with Gasteiger partial charge in [0.15, 0.2) is 0 Å². The van der Waals surface area contributed by atoms with Crippen LogP contribution >= 0.6 is 24.8 Å². The zero-order valence-electron chi connectivity index (χ0n) is 14.5. The van der Waals surface area contributed by atoms with E-state index in [1.165, 1.54) is 11.0 Å². The van der Waals surface area contributed by atoms with Gasteiger partial charge in [-0.3, -0.25) is 4.90 Å². The van der Waals surface area contributed by atoms with Gasteiger partial charge >= 0.3 is 12.0 Å². The molecule has 0 aromatic rings. The topological polar surface area (TPSA) is 152 Å². The maximum atomic E-state index is 12.5. The molecule has 0 radical (unpaired) electrons. The largest absolute Gasteiger partial charge is 0.394 e. The number of ether oxygens (including phenoxy) is 1. The average molecular weight is 417 g/mol. The summed E-state index contributed by atoms with van der Waals surface area (Å²) in [6, 6.07) is -1.60. The summed E-state index contributed by atoms with van der Waals surface area (Å²) >= 11 is 0. The quantitative estimate of drug-likeness (QED) is 0.457. The number of amides is 2. The third-order valence-electron chi connectivity index (χ3n) is 4.05. The van der Waals surface area contributed by atoms with Crippen LogP contribution in [0.1, 0.15) is 20.3 Å². The highest BCUT2D eigenvalue weighted by molar-refractivity contribution is 5.85. The highest BCUT2D eigenvalue weighted by Crippen LogP contribution is 2.26. The molecule has 2 aliphatic rings. The Hall–Kier alpha value is -1.30. The predicted molar refractivity (Wildman–Crippen MR) is 96.0 cm³/mol. The van der Waals surface area contributed by atoms with Crippen molar-refractivity contribution < 1.29 is 29.4 Å². The Balaban J connectivity index is 0.00000312. The van der Waals surface area contributed by atoms with E-state index in [9.17, 15) is 14.7 Å². The average Bonchev–Trinajstić information content (AvgIpc) is 2.90. The molecule has 0 aromatic carbocycles. The van der Waals surface area contributed by atoms with Crippen molar-refractivity contribution in [1.82, 2.24) is 9.96 Å². The monoisotopic (exact) mass is 416 g/mol. The van der Waals surface area contributed by atoms with Gasteiger partial charge in [0, 0.05) is 13.0 Å². The molecule has 10 nitrogen and oxygen atoms in total. The number of aliphatic hydroxyl groups excluding tert-OH is 2. The Morgan fingerprint density at radius 3 is 2.58 bits per heavy atom. The lowest BCUT2D eigenvalue weighted by atomic mass is 10.1. The van der Waals surface area contributed by atoms with Gasteiger partial charge in [-0.2, -0.15) is 0 Å². The van der Waals surface area contributed by atoms with Crippen molar-refractivity contribution in [2.45, 2.75) is 44.7 Å².